The fourth-order valence-electron chi connectivity index (χ4n) is 5.46. The summed E-state index contributed by atoms with van der Waals surface area (Å²) in [5.41, 5.74) is 7.54. The number of benzene rings is 2. The van der Waals surface area contributed by atoms with E-state index in [2.05, 4.69) is 52.5 Å². The predicted molar refractivity (Wildman–Crippen MR) is 159 cm³/mol. The number of sulfonamides is 1. The van der Waals surface area contributed by atoms with Crippen molar-refractivity contribution in [2.24, 2.45) is 0 Å². The van der Waals surface area contributed by atoms with E-state index in [1.807, 2.05) is 47.4 Å². The van der Waals surface area contributed by atoms with Crippen LogP contribution in [0.4, 0.5) is 11.4 Å². The third-order valence-corrected chi connectivity index (χ3v) is 8.08. The summed E-state index contributed by atoms with van der Waals surface area (Å²) in [5, 5.41) is 4.03. The second kappa shape index (κ2) is 10.3. The molecule has 1 aliphatic heterocycles. The van der Waals surface area contributed by atoms with Gasteiger partial charge < -0.3 is 19.5 Å². The van der Waals surface area contributed by atoms with Crippen molar-refractivity contribution in [1.82, 2.24) is 14.9 Å². The highest BCUT2D eigenvalue weighted by atomic mass is 32.2. The van der Waals surface area contributed by atoms with E-state index in [1.165, 1.54) is 7.11 Å². The first-order valence-electron chi connectivity index (χ1n) is 12.5. The number of hydrogen-bond donors (Lipinski definition) is 2. The van der Waals surface area contributed by atoms with Crippen LogP contribution in [0.15, 0.2) is 72.9 Å². The van der Waals surface area contributed by atoms with Crippen LogP contribution in [-0.2, 0) is 10.0 Å². The first-order valence-corrected chi connectivity index (χ1v) is 14.8. The van der Waals surface area contributed by atoms with Crippen molar-refractivity contribution in [3.63, 3.8) is 0 Å². The van der Waals surface area contributed by atoms with Crippen LogP contribution in [0.5, 0.6) is 5.75 Å². The number of hydrogen-bond acceptors (Lipinski definition) is 5. The predicted octanol–water partition coefficient (Wildman–Crippen LogP) is 5.35. The number of ether oxygens (including phenoxy) is 1. The van der Waals surface area contributed by atoms with Gasteiger partial charge in [-0.15, -0.1) is 0 Å². The largest absolute Gasteiger partial charge is 0.495 e. The monoisotopic (exact) mass is 561 g/mol. The lowest BCUT2D eigenvalue weighted by Gasteiger charge is -2.29. The minimum atomic E-state index is -3.54. The van der Waals surface area contributed by atoms with E-state index >= 15 is 0 Å². The summed E-state index contributed by atoms with van der Waals surface area (Å²) in [6.07, 6.45) is 2.89. The van der Waals surface area contributed by atoms with Gasteiger partial charge in [0.2, 0.25) is 10.0 Å². The van der Waals surface area contributed by atoms with Gasteiger partial charge in [-0.2, -0.15) is 0 Å². The molecular weight excluding hydrogens is 530 g/mol. The molecule has 202 valence electrons. The molecule has 39 heavy (non-hydrogen) atoms. The van der Waals surface area contributed by atoms with Crippen molar-refractivity contribution in [1.29, 1.82) is 0 Å². The standard InChI is InChI=1S/C29H31N5O3S2/c1-18-19(2)33(21-11-7-6-8-12-21)20(3)26(18)28-27(23-13-9-10-16-30-23)31-29(38)34(28)22-14-15-25(37-4)24(17-22)32-39(5,35)36/h6-17,27-28,32H,1-5H3,(H,31,38)/t27-,28-/m1/s1. The highest BCUT2D eigenvalue weighted by Gasteiger charge is 2.43. The smallest absolute Gasteiger partial charge is 0.229 e. The van der Waals surface area contributed by atoms with Gasteiger partial charge in [0.15, 0.2) is 5.11 Å². The Labute approximate surface area is 234 Å². The van der Waals surface area contributed by atoms with E-state index in [0.717, 1.165) is 45.8 Å². The number of nitrogens with one attached hydrogen (secondary N) is 2. The normalized spacial score (nSPS) is 17.3. The van der Waals surface area contributed by atoms with Crippen molar-refractivity contribution in [2.45, 2.75) is 32.9 Å². The number of para-hydroxylation sites is 1. The maximum Gasteiger partial charge on any atom is 0.229 e. The Morgan fingerprint density at radius 1 is 0.974 bits per heavy atom. The first kappa shape index (κ1) is 26.7. The molecule has 8 nitrogen and oxygen atoms in total. The molecule has 2 N–H and O–H groups in total. The third kappa shape index (κ3) is 4.97. The van der Waals surface area contributed by atoms with Crippen molar-refractivity contribution < 1.29 is 13.2 Å². The van der Waals surface area contributed by atoms with Gasteiger partial charge in [-0.05, 0) is 81.0 Å². The molecular formula is C29H31N5O3S2. The van der Waals surface area contributed by atoms with Gasteiger partial charge in [-0.3, -0.25) is 9.71 Å². The molecule has 0 bridgehead atoms. The van der Waals surface area contributed by atoms with Crippen LogP contribution in [0, 0.1) is 20.8 Å². The number of rotatable bonds is 7. The second-order valence-electron chi connectivity index (χ2n) is 9.64. The summed E-state index contributed by atoms with van der Waals surface area (Å²) in [7, 11) is -2.03. The van der Waals surface area contributed by atoms with Crippen LogP contribution in [0.2, 0.25) is 0 Å². The average Bonchev–Trinajstić information content (AvgIpc) is 3.35. The van der Waals surface area contributed by atoms with E-state index < -0.39 is 10.0 Å². The maximum atomic E-state index is 12.1. The molecule has 0 radical (unpaired) electrons. The number of nitrogens with zero attached hydrogens (tertiary/aromatic N) is 3. The van der Waals surface area contributed by atoms with Crippen molar-refractivity contribution in [3.05, 3.63) is 101 Å². The van der Waals surface area contributed by atoms with E-state index in [1.54, 1.807) is 18.3 Å². The van der Waals surface area contributed by atoms with E-state index in [0.29, 0.717) is 16.5 Å². The van der Waals surface area contributed by atoms with E-state index in [9.17, 15) is 8.42 Å². The molecule has 0 aliphatic carbocycles. The molecule has 2 aromatic carbocycles. The lowest BCUT2D eigenvalue weighted by atomic mass is 9.93. The minimum absolute atomic E-state index is 0.240. The van der Waals surface area contributed by atoms with E-state index in [-0.39, 0.29) is 12.1 Å². The second-order valence-corrected chi connectivity index (χ2v) is 11.8. The van der Waals surface area contributed by atoms with E-state index in [4.69, 9.17) is 17.0 Å². The lowest BCUT2D eigenvalue weighted by Crippen LogP contribution is -2.30. The molecule has 0 spiro atoms. The summed E-state index contributed by atoms with van der Waals surface area (Å²) in [6.45, 7) is 6.39. The van der Waals surface area contributed by atoms with Gasteiger partial charge >= 0.3 is 0 Å². The SMILES string of the molecule is COc1ccc(N2C(=S)N[C@H](c3ccccn3)[C@H]2c2c(C)c(C)n(-c3ccccc3)c2C)cc1NS(C)(=O)=O. The molecule has 1 saturated heterocycles. The Balaban J connectivity index is 1.72. The zero-order valence-electron chi connectivity index (χ0n) is 22.5. The fraction of sp³-hybridized carbons (Fsp3) is 0.241. The summed E-state index contributed by atoms with van der Waals surface area (Å²) < 4.78 is 34.5. The Bertz CT molecular complexity index is 1640. The lowest BCUT2D eigenvalue weighted by molar-refractivity contribution is 0.417. The molecule has 3 heterocycles. The van der Waals surface area contributed by atoms with Crippen LogP contribution >= 0.6 is 12.2 Å². The van der Waals surface area contributed by atoms with Gasteiger partial charge in [0.25, 0.3) is 0 Å². The molecule has 0 unspecified atom stereocenters. The Morgan fingerprint density at radius 3 is 2.33 bits per heavy atom. The van der Waals surface area contributed by atoms with Crippen molar-refractivity contribution >= 4 is 38.7 Å². The Kier molecular flexibility index (Phi) is 7.09. The van der Waals surface area contributed by atoms with Crippen LogP contribution in [0.25, 0.3) is 5.69 Å². The summed E-state index contributed by atoms with van der Waals surface area (Å²) in [4.78, 5) is 6.72. The van der Waals surface area contributed by atoms with Crippen LogP contribution in [0.3, 0.4) is 0 Å². The topological polar surface area (TPSA) is 88.5 Å². The third-order valence-electron chi connectivity index (χ3n) is 7.17. The Hall–Kier alpha value is -3.89. The Morgan fingerprint density at radius 2 is 1.69 bits per heavy atom. The number of pyridine rings is 1. The molecule has 4 aromatic rings. The van der Waals surface area contributed by atoms with Gasteiger partial charge in [-0.25, -0.2) is 8.42 Å². The van der Waals surface area contributed by atoms with Crippen LogP contribution in [0.1, 0.15) is 40.3 Å². The van der Waals surface area contributed by atoms with Gasteiger partial charge in [0.05, 0.1) is 36.8 Å². The zero-order chi connectivity index (χ0) is 27.9. The highest BCUT2D eigenvalue weighted by molar-refractivity contribution is 7.92. The average molecular weight is 562 g/mol. The first-order chi connectivity index (χ1) is 18.6. The maximum absolute atomic E-state index is 12.1. The summed E-state index contributed by atoms with van der Waals surface area (Å²) >= 11 is 5.92. The highest BCUT2D eigenvalue weighted by Crippen LogP contribution is 2.46. The number of aromatic nitrogens is 2. The number of methoxy groups -OCH3 is 1. The molecule has 0 amide bonds. The van der Waals surface area contributed by atoms with Crippen LogP contribution < -0.4 is 19.7 Å². The molecule has 1 aliphatic rings. The van der Waals surface area contributed by atoms with Gasteiger partial charge in [-0.1, -0.05) is 24.3 Å². The number of thiocarbonyl (C=S) groups is 1. The molecule has 0 saturated carbocycles. The minimum Gasteiger partial charge on any atom is -0.495 e. The zero-order valence-corrected chi connectivity index (χ0v) is 24.1. The van der Waals surface area contributed by atoms with Crippen molar-refractivity contribution in [3.8, 4) is 11.4 Å². The molecule has 1 fully saturated rings. The quantitative estimate of drug-likeness (QED) is 0.294. The molecule has 10 heteroatoms. The fourth-order valence-corrected chi connectivity index (χ4v) is 6.36. The van der Waals surface area contributed by atoms with Gasteiger partial charge in [0, 0.05) is 34.5 Å². The molecule has 2 atom stereocenters. The van der Waals surface area contributed by atoms with Crippen molar-refractivity contribution in [2.75, 3.05) is 23.0 Å². The number of anilines is 2. The summed E-state index contributed by atoms with van der Waals surface area (Å²) in [5.74, 6) is 0.415. The summed E-state index contributed by atoms with van der Waals surface area (Å²) in [6, 6.07) is 21.0. The molecule has 5 rings (SSSR count). The van der Waals surface area contributed by atoms with Crippen LogP contribution in [-0.4, -0.2) is 36.4 Å². The molecule has 2 aromatic heterocycles. The van der Waals surface area contributed by atoms with Gasteiger partial charge in [0.1, 0.15) is 5.75 Å².